The summed E-state index contributed by atoms with van der Waals surface area (Å²) >= 11 is 11.1. The van der Waals surface area contributed by atoms with Crippen LogP contribution >= 0.6 is 23.2 Å². The van der Waals surface area contributed by atoms with Crippen LogP contribution in [0.5, 0.6) is 0 Å². The number of carboxylic acids is 1. The summed E-state index contributed by atoms with van der Waals surface area (Å²) in [5.41, 5.74) is 0.178. The van der Waals surface area contributed by atoms with E-state index in [0.29, 0.717) is 0 Å². The Morgan fingerprint density at radius 1 is 1.30 bits per heavy atom. The first-order valence-corrected chi connectivity index (χ1v) is 6.17. The number of anilines is 1. The van der Waals surface area contributed by atoms with Crippen molar-refractivity contribution >= 4 is 40.9 Å². The third kappa shape index (κ3) is 4.84. The highest BCUT2D eigenvalue weighted by molar-refractivity contribution is 6.35. The van der Waals surface area contributed by atoms with Crippen LogP contribution in [0.15, 0.2) is 12.1 Å². The van der Waals surface area contributed by atoms with Gasteiger partial charge >= 0.3 is 12.0 Å². The SMILES string of the molecule is O=C(NCC[C@H](O)C(=O)O)Nc1cc(Cl)c(F)c(Cl)c1. The molecule has 0 spiro atoms. The van der Waals surface area contributed by atoms with Gasteiger partial charge in [-0.05, 0) is 12.1 Å². The van der Waals surface area contributed by atoms with Crippen LogP contribution in [-0.4, -0.2) is 34.9 Å². The van der Waals surface area contributed by atoms with E-state index in [4.69, 9.17) is 33.4 Å². The Labute approximate surface area is 123 Å². The van der Waals surface area contributed by atoms with Gasteiger partial charge in [-0.15, -0.1) is 0 Å². The first-order chi connectivity index (χ1) is 9.31. The fraction of sp³-hybridized carbons (Fsp3) is 0.273. The largest absolute Gasteiger partial charge is 0.479 e. The monoisotopic (exact) mass is 324 g/mol. The van der Waals surface area contributed by atoms with Gasteiger partial charge in [-0.3, -0.25) is 0 Å². The summed E-state index contributed by atoms with van der Waals surface area (Å²) in [4.78, 5) is 21.8. The number of aliphatic carboxylic acids is 1. The molecule has 110 valence electrons. The van der Waals surface area contributed by atoms with Crippen LogP contribution in [0.3, 0.4) is 0 Å². The summed E-state index contributed by atoms with van der Waals surface area (Å²) in [6.07, 6.45) is -1.70. The van der Waals surface area contributed by atoms with Crippen molar-refractivity contribution in [2.24, 2.45) is 0 Å². The van der Waals surface area contributed by atoms with Crippen molar-refractivity contribution in [3.05, 3.63) is 28.0 Å². The minimum Gasteiger partial charge on any atom is -0.479 e. The zero-order valence-corrected chi connectivity index (χ0v) is 11.5. The lowest BCUT2D eigenvalue weighted by molar-refractivity contribution is -0.146. The molecule has 0 bridgehead atoms. The maximum absolute atomic E-state index is 13.1. The Morgan fingerprint density at radius 2 is 1.85 bits per heavy atom. The van der Waals surface area contributed by atoms with Crippen LogP contribution in [0.25, 0.3) is 0 Å². The minimum atomic E-state index is -1.55. The molecule has 1 atom stereocenters. The number of halogens is 3. The van der Waals surface area contributed by atoms with Crippen LogP contribution in [0.1, 0.15) is 6.42 Å². The number of carboxylic acid groups (broad SMARTS) is 1. The molecule has 0 radical (unpaired) electrons. The van der Waals surface area contributed by atoms with E-state index in [-0.39, 0.29) is 28.7 Å². The molecule has 9 heteroatoms. The molecule has 0 aromatic heterocycles. The molecule has 6 nitrogen and oxygen atoms in total. The Bertz CT molecular complexity index is 504. The normalized spacial score (nSPS) is 11.8. The lowest BCUT2D eigenvalue weighted by atomic mass is 10.2. The van der Waals surface area contributed by atoms with E-state index in [1.54, 1.807) is 0 Å². The third-order valence-electron chi connectivity index (χ3n) is 2.23. The molecule has 0 saturated carbocycles. The molecule has 0 heterocycles. The molecule has 0 aliphatic rings. The van der Waals surface area contributed by atoms with Gasteiger partial charge in [0, 0.05) is 18.7 Å². The van der Waals surface area contributed by atoms with E-state index in [1.165, 1.54) is 12.1 Å². The van der Waals surface area contributed by atoms with E-state index in [1.807, 2.05) is 0 Å². The molecular formula is C11H11Cl2FN2O4. The number of aliphatic hydroxyl groups is 1. The standard InChI is InChI=1S/C11H11Cl2FN2O4/c12-6-3-5(4-7(13)9(6)14)16-11(20)15-2-1-8(17)10(18)19/h3-4,8,17H,1-2H2,(H,18,19)(H2,15,16,20)/t8-/m0/s1. The van der Waals surface area contributed by atoms with Crippen molar-refractivity contribution in [3.63, 3.8) is 0 Å². The van der Waals surface area contributed by atoms with Crippen LogP contribution in [0.2, 0.25) is 10.0 Å². The highest BCUT2D eigenvalue weighted by atomic mass is 35.5. The van der Waals surface area contributed by atoms with Crippen LogP contribution in [-0.2, 0) is 4.79 Å². The molecule has 1 aromatic rings. The van der Waals surface area contributed by atoms with Gasteiger partial charge in [-0.1, -0.05) is 23.2 Å². The summed E-state index contributed by atoms with van der Waals surface area (Å²) in [6.45, 7) is -0.0536. The van der Waals surface area contributed by atoms with Gasteiger partial charge in [-0.2, -0.15) is 0 Å². The summed E-state index contributed by atoms with van der Waals surface area (Å²) in [6, 6.07) is 1.68. The van der Waals surface area contributed by atoms with E-state index in [2.05, 4.69) is 10.6 Å². The second kappa shape index (κ2) is 7.28. The van der Waals surface area contributed by atoms with Gasteiger partial charge in [0.15, 0.2) is 11.9 Å². The fourth-order valence-corrected chi connectivity index (χ4v) is 1.74. The highest BCUT2D eigenvalue weighted by Crippen LogP contribution is 2.27. The molecule has 1 rings (SSSR count). The first kappa shape index (κ1) is 16.5. The second-order valence-corrected chi connectivity index (χ2v) is 4.59. The van der Waals surface area contributed by atoms with Crippen molar-refractivity contribution in [2.75, 3.05) is 11.9 Å². The number of carbonyl (C=O) groups is 2. The number of rotatable bonds is 5. The third-order valence-corrected chi connectivity index (χ3v) is 2.78. The van der Waals surface area contributed by atoms with Crippen molar-refractivity contribution in [3.8, 4) is 0 Å². The van der Waals surface area contributed by atoms with Gasteiger partial charge in [0.25, 0.3) is 0 Å². The Kier molecular flexibility index (Phi) is 6.00. The van der Waals surface area contributed by atoms with E-state index in [9.17, 15) is 14.0 Å². The number of aliphatic hydroxyl groups excluding tert-OH is 1. The molecule has 20 heavy (non-hydrogen) atoms. The van der Waals surface area contributed by atoms with Gasteiger partial charge < -0.3 is 20.8 Å². The molecule has 0 fully saturated rings. The lowest BCUT2D eigenvalue weighted by Gasteiger charge is -2.10. The van der Waals surface area contributed by atoms with Gasteiger partial charge in [0.2, 0.25) is 0 Å². The lowest BCUT2D eigenvalue weighted by Crippen LogP contribution is -2.33. The molecular weight excluding hydrogens is 314 g/mol. The Hall–Kier alpha value is -1.57. The maximum atomic E-state index is 13.1. The Morgan fingerprint density at radius 3 is 2.35 bits per heavy atom. The average molecular weight is 325 g/mol. The minimum absolute atomic E-state index is 0.0536. The summed E-state index contributed by atoms with van der Waals surface area (Å²) < 4.78 is 13.1. The second-order valence-electron chi connectivity index (χ2n) is 3.78. The molecule has 0 unspecified atom stereocenters. The molecule has 2 amide bonds. The fourth-order valence-electron chi connectivity index (χ4n) is 1.25. The van der Waals surface area contributed by atoms with E-state index in [0.717, 1.165) is 0 Å². The predicted molar refractivity (Wildman–Crippen MR) is 71.7 cm³/mol. The van der Waals surface area contributed by atoms with Crippen molar-refractivity contribution in [1.82, 2.24) is 5.32 Å². The van der Waals surface area contributed by atoms with Gasteiger partial charge in [-0.25, -0.2) is 14.0 Å². The van der Waals surface area contributed by atoms with Crippen molar-refractivity contribution < 1.29 is 24.2 Å². The van der Waals surface area contributed by atoms with E-state index < -0.39 is 23.9 Å². The number of nitrogens with one attached hydrogen (secondary N) is 2. The van der Waals surface area contributed by atoms with Crippen LogP contribution in [0, 0.1) is 5.82 Å². The van der Waals surface area contributed by atoms with Crippen molar-refractivity contribution in [1.29, 1.82) is 0 Å². The molecule has 0 saturated heterocycles. The topological polar surface area (TPSA) is 98.7 Å². The maximum Gasteiger partial charge on any atom is 0.332 e. The molecule has 0 aliphatic heterocycles. The van der Waals surface area contributed by atoms with E-state index >= 15 is 0 Å². The molecule has 1 aromatic carbocycles. The number of hydrogen-bond acceptors (Lipinski definition) is 3. The van der Waals surface area contributed by atoms with Crippen LogP contribution in [0.4, 0.5) is 14.9 Å². The number of amides is 2. The number of urea groups is 1. The highest BCUT2D eigenvalue weighted by Gasteiger charge is 2.13. The van der Waals surface area contributed by atoms with Gasteiger partial charge in [0.1, 0.15) is 0 Å². The zero-order valence-electron chi connectivity index (χ0n) is 9.99. The average Bonchev–Trinajstić information content (AvgIpc) is 2.35. The molecule has 0 aliphatic carbocycles. The predicted octanol–water partition coefficient (Wildman–Crippen LogP) is 2.09. The smallest absolute Gasteiger partial charge is 0.332 e. The van der Waals surface area contributed by atoms with Gasteiger partial charge in [0.05, 0.1) is 10.0 Å². The van der Waals surface area contributed by atoms with Crippen LogP contribution < -0.4 is 10.6 Å². The summed E-state index contributed by atoms with van der Waals surface area (Å²) in [5, 5.41) is 21.6. The zero-order chi connectivity index (χ0) is 15.3. The van der Waals surface area contributed by atoms with Crippen molar-refractivity contribution in [2.45, 2.75) is 12.5 Å². The summed E-state index contributed by atoms with van der Waals surface area (Å²) in [7, 11) is 0. The number of benzene rings is 1. The number of carbonyl (C=O) groups excluding carboxylic acids is 1. The quantitative estimate of drug-likeness (QED) is 0.623. The Balaban J connectivity index is 2.49. The molecule has 4 N–H and O–H groups in total. The number of hydrogen-bond donors (Lipinski definition) is 4. The first-order valence-electron chi connectivity index (χ1n) is 5.41. The summed E-state index contributed by atoms with van der Waals surface area (Å²) in [5.74, 6) is -2.16.